The summed E-state index contributed by atoms with van der Waals surface area (Å²) in [4.78, 5) is 12.3. The summed E-state index contributed by atoms with van der Waals surface area (Å²) >= 11 is 0. The summed E-state index contributed by atoms with van der Waals surface area (Å²) in [5.74, 6) is -1.53. The predicted molar refractivity (Wildman–Crippen MR) is 72.8 cm³/mol. The number of carbonyl (C=O) groups excluding carboxylic acids is 1. The standard InChI is InChI=1S/C15H24O5/c1-8(2)9-4-10-13(12(18)5-14(10,3)19)15(20,7-16)6-11(9)17/h4,8,10,12-13,16,18-20H,5-7H2,1-3H3. The lowest BCUT2D eigenvalue weighted by Crippen LogP contribution is -2.49. The van der Waals surface area contributed by atoms with E-state index in [-0.39, 0.29) is 24.5 Å². The highest BCUT2D eigenvalue weighted by Crippen LogP contribution is 2.49. The number of ketones is 1. The van der Waals surface area contributed by atoms with Crippen LogP contribution in [0.3, 0.4) is 0 Å². The third-order valence-corrected chi connectivity index (χ3v) is 4.81. The quantitative estimate of drug-likeness (QED) is 0.573. The summed E-state index contributed by atoms with van der Waals surface area (Å²) < 4.78 is 0. The Labute approximate surface area is 118 Å². The van der Waals surface area contributed by atoms with Gasteiger partial charge in [-0.05, 0) is 18.4 Å². The van der Waals surface area contributed by atoms with Crippen molar-refractivity contribution in [2.75, 3.05) is 6.61 Å². The van der Waals surface area contributed by atoms with E-state index in [9.17, 15) is 25.2 Å². The van der Waals surface area contributed by atoms with Crippen LogP contribution in [-0.2, 0) is 4.79 Å². The van der Waals surface area contributed by atoms with Crippen LogP contribution in [0.1, 0.15) is 33.6 Å². The van der Waals surface area contributed by atoms with Crippen LogP contribution >= 0.6 is 0 Å². The van der Waals surface area contributed by atoms with Crippen molar-refractivity contribution in [1.82, 2.24) is 0 Å². The molecule has 0 aromatic heterocycles. The Balaban J connectivity index is 2.55. The fourth-order valence-corrected chi connectivity index (χ4v) is 3.75. The van der Waals surface area contributed by atoms with Crippen molar-refractivity contribution in [1.29, 1.82) is 0 Å². The summed E-state index contributed by atoms with van der Waals surface area (Å²) in [6.45, 7) is 4.75. The zero-order chi connectivity index (χ0) is 15.3. The Hall–Kier alpha value is -0.750. The van der Waals surface area contributed by atoms with Gasteiger partial charge in [-0.15, -0.1) is 0 Å². The van der Waals surface area contributed by atoms with Crippen molar-refractivity contribution in [3.63, 3.8) is 0 Å². The molecule has 2 rings (SSSR count). The van der Waals surface area contributed by atoms with Gasteiger partial charge in [0.05, 0.1) is 18.3 Å². The van der Waals surface area contributed by atoms with Gasteiger partial charge in [-0.25, -0.2) is 0 Å². The van der Waals surface area contributed by atoms with Gasteiger partial charge in [0.2, 0.25) is 0 Å². The molecule has 0 amide bonds. The molecule has 5 nitrogen and oxygen atoms in total. The molecule has 0 aliphatic heterocycles. The van der Waals surface area contributed by atoms with Gasteiger partial charge in [0.15, 0.2) is 5.78 Å². The lowest BCUT2D eigenvalue weighted by atomic mass is 9.76. The second kappa shape index (κ2) is 4.91. The fraction of sp³-hybridized carbons (Fsp3) is 0.800. The number of carbonyl (C=O) groups is 1. The summed E-state index contributed by atoms with van der Waals surface area (Å²) in [6.07, 6.45) is 0.659. The summed E-state index contributed by atoms with van der Waals surface area (Å²) in [7, 11) is 0. The SMILES string of the molecule is CC(C)C1=CC2C(C(O)CC2(C)O)C(O)(CO)CC1=O. The van der Waals surface area contributed by atoms with E-state index in [1.165, 1.54) is 0 Å². The van der Waals surface area contributed by atoms with Crippen LogP contribution in [0.15, 0.2) is 11.6 Å². The van der Waals surface area contributed by atoms with E-state index in [0.29, 0.717) is 5.57 Å². The van der Waals surface area contributed by atoms with E-state index in [4.69, 9.17) is 0 Å². The average molecular weight is 284 g/mol. The highest BCUT2D eigenvalue weighted by molar-refractivity contribution is 5.96. The predicted octanol–water partition coefficient (Wildman–Crippen LogP) is 0.0130. The molecule has 5 heteroatoms. The summed E-state index contributed by atoms with van der Waals surface area (Å²) in [5.41, 5.74) is -2.33. The third kappa shape index (κ3) is 2.33. The maximum atomic E-state index is 12.3. The van der Waals surface area contributed by atoms with E-state index in [2.05, 4.69) is 0 Å². The molecule has 0 aromatic carbocycles. The molecular formula is C15H24O5. The molecule has 2 aliphatic carbocycles. The molecule has 0 saturated heterocycles. The van der Waals surface area contributed by atoms with Crippen LogP contribution in [0.25, 0.3) is 0 Å². The molecule has 5 atom stereocenters. The molecule has 0 radical (unpaired) electrons. The molecule has 4 N–H and O–H groups in total. The van der Waals surface area contributed by atoms with Gasteiger partial charge in [-0.3, -0.25) is 4.79 Å². The number of allylic oxidation sites excluding steroid dienone is 1. The third-order valence-electron chi connectivity index (χ3n) is 4.81. The number of hydrogen-bond donors (Lipinski definition) is 4. The van der Waals surface area contributed by atoms with Crippen molar-refractivity contribution in [2.45, 2.75) is 50.9 Å². The highest BCUT2D eigenvalue weighted by Gasteiger charge is 2.58. The number of aliphatic hydroxyl groups excluding tert-OH is 2. The summed E-state index contributed by atoms with van der Waals surface area (Å²) in [5, 5.41) is 40.8. The second-order valence-corrected chi connectivity index (χ2v) is 6.82. The second-order valence-electron chi connectivity index (χ2n) is 6.82. The molecule has 20 heavy (non-hydrogen) atoms. The molecule has 1 saturated carbocycles. The van der Waals surface area contributed by atoms with Crippen molar-refractivity contribution < 1.29 is 25.2 Å². The number of rotatable bonds is 2. The van der Waals surface area contributed by atoms with Crippen LogP contribution in [0.5, 0.6) is 0 Å². The fourth-order valence-electron chi connectivity index (χ4n) is 3.75. The zero-order valence-electron chi connectivity index (χ0n) is 12.2. The van der Waals surface area contributed by atoms with Gasteiger partial charge in [0.1, 0.15) is 5.60 Å². The maximum Gasteiger partial charge on any atom is 0.161 e. The molecule has 2 aliphatic rings. The number of hydrogen-bond acceptors (Lipinski definition) is 5. The van der Waals surface area contributed by atoms with Crippen molar-refractivity contribution >= 4 is 5.78 Å². The molecule has 114 valence electrons. The number of Topliss-reactive ketones (excluding diaryl/α,β-unsaturated/α-hetero) is 1. The van der Waals surface area contributed by atoms with Crippen LogP contribution < -0.4 is 0 Å². The van der Waals surface area contributed by atoms with Gasteiger partial charge < -0.3 is 20.4 Å². The Morgan fingerprint density at radius 3 is 2.50 bits per heavy atom. The lowest BCUT2D eigenvalue weighted by molar-refractivity contribution is -0.134. The zero-order valence-corrected chi connectivity index (χ0v) is 12.2. The molecule has 0 bridgehead atoms. The maximum absolute atomic E-state index is 12.3. The number of fused-ring (bicyclic) bond motifs is 1. The van der Waals surface area contributed by atoms with E-state index in [1.54, 1.807) is 13.0 Å². The first-order valence-electron chi connectivity index (χ1n) is 7.11. The van der Waals surface area contributed by atoms with Crippen LogP contribution in [-0.4, -0.2) is 50.1 Å². The van der Waals surface area contributed by atoms with Crippen molar-refractivity contribution in [3.05, 3.63) is 11.6 Å². The first-order valence-corrected chi connectivity index (χ1v) is 7.11. The van der Waals surface area contributed by atoms with E-state index < -0.39 is 35.7 Å². The van der Waals surface area contributed by atoms with Crippen LogP contribution in [0.2, 0.25) is 0 Å². The molecule has 0 spiro atoms. The van der Waals surface area contributed by atoms with Gasteiger partial charge >= 0.3 is 0 Å². The molecule has 5 unspecified atom stereocenters. The Kier molecular flexibility index (Phi) is 3.84. The molecular weight excluding hydrogens is 260 g/mol. The monoisotopic (exact) mass is 284 g/mol. The highest BCUT2D eigenvalue weighted by atomic mass is 16.3. The van der Waals surface area contributed by atoms with Crippen molar-refractivity contribution in [3.8, 4) is 0 Å². The van der Waals surface area contributed by atoms with Gasteiger partial charge in [0, 0.05) is 24.7 Å². The minimum absolute atomic E-state index is 0.0299. The minimum Gasteiger partial charge on any atom is -0.393 e. The number of aliphatic hydroxyl groups is 4. The normalized spacial score (nSPS) is 45.3. The molecule has 1 fully saturated rings. The molecule has 0 aromatic rings. The van der Waals surface area contributed by atoms with Crippen molar-refractivity contribution in [2.24, 2.45) is 17.8 Å². The smallest absolute Gasteiger partial charge is 0.161 e. The first-order chi connectivity index (χ1) is 9.12. The molecule has 0 heterocycles. The van der Waals surface area contributed by atoms with Crippen LogP contribution in [0, 0.1) is 17.8 Å². The van der Waals surface area contributed by atoms with Gasteiger partial charge in [0.25, 0.3) is 0 Å². The van der Waals surface area contributed by atoms with Crippen LogP contribution in [0.4, 0.5) is 0 Å². The largest absolute Gasteiger partial charge is 0.393 e. The minimum atomic E-state index is -1.69. The first kappa shape index (κ1) is 15.6. The average Bonchev–Trinajstić information content (AvgIpc) is 2.46. The van der Waals surface area contributed by atoms with Gasteiger partial charge in [-0.1, -0.05) is 19.9 Å². The topological polar surface area (TPSA) is 98.0 Å². The van der Waals surface area contributed by atoms with Gasteiger partial charge in [-0.2, -0.15) is 0 Å². The van der Waals surface area contributed by atoms with E-state index in [1.807, 2.05) is 13.8 Å². The lowest BCUT2D eigenvalue weighted by Gasteiger charge is -2.36. The Morgan fingerprint density at radius 2 is 2.00 bits per heavy atom. The summed E-state index contributed by atoms with van der Waals surface area (Å²) in [6, 6.07) is 0. The van der Waals surface area contributed by atoms with E-state index >= 15 is 0 Å². The van der Waals surface area contributed by atoms with E-state index in [0.717, 1.165) is 0 Å². The Morgan fingerprint density at radius 1 is 1.40 bits per heavy atom. The Bertz CT molecular complexity index is 440.